The van der Waals surface area contributed by atoms with Crippen LogP contribution in [0.4, 0.5) is 0 Å². The molecule has 4 rings (SSSR count). The first-order valence-corrected chi connectivity index (χ1v) is 9.08. The van der Waals surface area contributed by atoms with Gasteiger partial charge in [0.2, 0.25) is 0 Å². The molecular formula is C18H22O2S. The van der Waals surface area contributed by atoms with Crippen molar-refractivity contribution in [1.82, 2.24) is 0 Å². The van der Waals surface area contributed by atoms with Gasteiger partial charge in [-0.1, -0.05) is 26.0 Å². The van der Waals surface area contributed by atoms with Crippen LogP contribution in [0.25, 0.3) is 0 Å². The summed E-state index contributed by atoms with van der Waals surface area (Å²) < 4.78 is 5.64. The Morgan fingerprint density at radius 1 is 1.29 bits per heavy atom. The van der Waals surface area contributed by atoms with E-state index in [4.69, 9.17) is 4.74 Å². The molecular weight excluding hydrogens is 280 g/mol. The van der Waals surface area contributed by atoms with Gasteiger partial charge in [0.05, 0.1) is 5.92 Å². The Morgan fingerprint density at radius 2 is 2.05 bits per heavy atom. The predicted molar refractivity (Wildman–Crippen MR) is 85.7 cm³/mol. The molecule has 1 aliphatic heterocycles. The third-order valence-electron chi connectivity index (χ3n) is 5.68. The molecule has 2 saturated carbocycles. The first-order chi connectivity index (χ1) is 10.2. The predicted octanol–water partition coefficient (Wildman–Crippen LogP) is 4.25. The van der Waals surface area contributed by atoms with Gasteiger partial charge in [0, 0.05) is 10.5 Å². The quantitative estimate of drug-likeness (QED) is 0.472. The number of hydrogen-bond donors (Lipinski definition) is 0. The van der Waals surface area contributed by atoms with Crippen LogP contribution in [0.1, 0.15) is 44.6 Å². The third-order valence-corrected chi connectivity index (χ3v) is 7.31. The largest absolute Gasteiger partial charge is 0.426 e. The number of benzene rings is 1. The summed E-state index contributed by atoms with van der Waals surface area (Å²) in [6.07, 6.45) is 3.45. The monoisotopic (exact) mass is 302 g/mol. The highest BCUT2D eigenvalue weighted by molar-refractivity contribution is 8.07. The Hall–Kier alpha value is -0.960. The zero-order valence-electron chi connectivity index (χ0n) is 12.6. The van der Waals surface area contributed by atoms with E-state index in [0.717, 1.165) is 29.3 Å². The van der Waals surface area contributed by atoms with Crippen molar-refractivity contribution in [3.05, 3.63) is 29.8 Å². The average Bonchev–Trinajstić information content (AvgIpc) is 3.11. The van der Waals surface area contributed by atoms with Crippen molar-refractivity contribution >= 4 is 17.7 Å². The molecule has 1 aromatic rings. The lowest BCUT2D eigenvalue weighted by atomic mass is 9.89. The van der Waals surface area contributed by atoms with Gasteiger partial charge in [0.25, 0.3) is 0 Å². The lowest BCUT2D eigenvalue weighted by Crippen LogP contribution is -2.28. The lowest BCUT2D eigenvalue weighted by Gasteiger charge is -2.19. The molecule has 1 aromatic carbocycles. The van der Waals surface area contributed by atoms with Crippen LogP contribution in [0.2, 0.25) is 0 Å². The van der Waals surface area contributed by atoms with E-state index in [-0.39, 0.29) is 11.9 Å². The molecule has 3 fully saturated rings. The molecule has 0 amide bonds. The van der Waals surface area contributed by atoms with Crippen LogP contribution in [-0.4, -0.2) is 16.5 Å². The maximum absolute atomic E-state index is 12.4. The molecule has 3 aliphatic rings. The maximum atomic E-state index is 12.4. The lowest BCUT2D eigenvalue weighted by molar-refractivity contribution is -0.140. The molecule has 3 heteroatoms. The Bertz CT molecular complexity index is 553. The smallest absolute Gasteiger partial charge is 0.314 e. The summed E-state index contributed by atoms with van der Waals surface area (Å²) in [5.74, 6) is 2.80. The van der Waals surface area contributed by atoms with E-state index in [1.165, 1.54) is 12.0 Å². The summed E-state index contributed by atoms with van der Waals surface area (Å²) in [5.41, 5.74) is 1.31. The minimum absolute atomic E-state index is 0.00439. The Labute approximate surface area is 130 Å². The van der Waals surface area contributed by atoms with Crippen LogP contribution in [0.5, 0.6) is 5.75 Å². The molecule has 21 heavy (non-hydrogen) atoms. The second-order valence-corrected chi connectivity index (χ2v) is 8.23. The Kier molecular flexibility index (Phi) is 3.29. The molecule has 0 radical (unpaired) electrons. The van der Waals surface area contributed by atoms with Gasteiger partial charge < -0.3 is 4.74 Å². The minimum atomic E-state index is 0.00439. The van der Waals surface area contributed by atoms with E-state index >= 15 is 0 Å². The first kappa shape index (κ1) is 13.7. The van der Waals surface area contributed by atoms with E-state index in [1.54, 1.807) is 0 Å². The van der Waals surface area contributed by atoms with Gasteiger partial charge in [-0.25, -0.2) is 0 Å². The van der Waals surface area contributed by atoms with Crippen LogP contribution in [0, 0.1) is 17.8 Å². The normalized spacial score (nSPS) is 37.1. The average molecular weight is 302 g/mol. The molecule has 0 N–H and O–H groups in total. The Morgan fingerprint density at radius 3 is 2.67 bits per heavy atom. The summed E-state index contributed by atoms with van der Waals surface area (Å²) >= 11 is 2.08. The number of carbonyl (C=O) groups excluding carboxylic acids is 1. The maximum Gasteiger partial charge on any atom is 0.314 e. The summed E-state index contributed by atoms with van der Waals surface area (Å²) in [4.78, 5) is 12.4. The van der Waals surface area contributed by atoms with Gasteiger partial charge in [0.15, 0.2) is 0 Å². The van der Waals surface area contributed by atoms with Gasteiger partial charge in [-0.15, -0.1) is 0 Å². The second kappa shape index (κ2) is 5.05. The topological polar surface area (TPSA) is 26.3 Å². The van der Waals surface area contributed by atoms with Crippen molar-refractivity contribution in [2.45, 2.75) is 49.5 Å². The fourth-order valence-corrected chi connectivity index (χ4v) is 5.81. The highest BCUT2D eigenvalue weighted by Gasteiger charge is 2.63. The van der Waals surface area contributed by atoms with Crippen LogP contribution in [-0.2, 0) is 4.79 Å². The number of hydrogen-bond acceptors (Lipinski definition) is 3. The second-order valence-electron chi connectivity index (χ2n) is 6.87. The number of fused-ring (bicyclic) bond motifs is 5. The van der Waals surface area contributed by atoms with Crippen molar-refractivity contribution in [2.75, 3.05) is 0 Å². The molecule has 6 atom stereocenters. The van der Waals surface area contributed by atoms with Gasteiger partial charge in [0.1, 0.15) is 5.75 Å². The zero-order valence-corrected chi connectivity index (χ0v) is 13.4. The van der Waals surface area contributed by atoms with Crippen molar-refractivity contribution in [2.24, 2.45) is 17.8 Å². The molecule has 6 unspecified atom stereocenters. The van der Waals surface area contributed by atoms with Gasteiger partial charge in [-0.2, -0.15) is 11.8 Å². The number of esters is 1. The third kappa shape index (κ3) is 2.30. The summed E-state index contributed by atoms with van der Waals surface area (Å²) in [7, 11) is 0. The zero-order chi connectivity index (χ0) is 14.6. The molecule has 2 bridgehead atoms. The standard InChI is InChI=1S/C18H22O2S/c1-3-10(2)11-4-6-13(7-5-11)20-18(19)15-9-12-8-14(15)17-16(12)21-17/h4-7,10,12,14-17H,3,8-9H2,1-2H3. The summed E-state index contributed by atoms with van der Waals surface area (Å²) in [5, 5.41) is 1.66. The van der Waals surface area contributed by atoms with Crippen LogP contribution >= 0.6 is 11.8 Å². The van der Waals surface area contributed by atoms with E-state index in [2.05, 4.69) is 37.7 Å². The van der Waals surface area contributed by atoms with Crippen LogP contribution < -0.4 is 4.74 Å². The van der Waals surface area contributed by atoms with Crippen LogP contribution in [0.15, 0.2) is 24.3 Å². The first-order valence-electron chi connectivity index (χ1n) is 8.14. The summed E-state index contributed by atoms with van der Waals surface area (Å²) in [6.45, 7) is 4.41. The highest BCUT2D eigenvalue weighted by Crippen LogP contribution is 2.67. The number of thioether (sulfide) groups is 1. The van der Waals surface area contributed by atoms with Gasteiger partial charge in [-0.05, 0) is 54.7 Å². The molecule has 112 valence electrons. The van der Waals surface area contributed by atoms with Crippen molar-refractivity contribution in [1.29, 1.82) is 0 Å². The van der Waals surface area contributed by atoms with E-state index in [9.17, 15) is 4.79 Å². The fraction of sp³-hybridized carbons (Fsp3) is 0.611. The number of carbonyl (C=O) groups is 1. The number of rotatable bonds is 4. The molecule has 1 heterocycles. The van der Waals surface area contributed by atoms with Crippen molar-refractivity contribution in [3.63, 3.8) is 0 Å². The van der Waals surface area contributed by atoms with Gasteiger partial charge in [-0.3, -0.25) is 4.79 Å². The van der Waals surface area contributed by atoms with Crippen molar-refractivity contribution in [3.8, 4) is 5.75 Å². The van der Waals surface area contributed by atoms with Crippen LogP contribution in [0.3, 0.4) is 0 Å². The molecule has 2 nitrogen and oxygen atoms in total. The van der Waals surface area contributed by atoms with E-state index in [0.29, 0.717) is 17.6 Å². The van der Waals surface area contributed by atoms with Gasteiger partial charge >= 0.3 is 5.97 Å². The summed E-state index contributed by atoms with van der Waals surface area (Å²) in [6, 6.07) is 8.07. The van der Waals surface area contributed by atoms with Crippen molar-refractivity contribution < 1.29 is 9.53 Å². The minimum Gasteiger partial charge on any atom is -0.426 e. The number of ether oxygens (including phenoxy) is 1. The molecule has 2 aliphatic carbocycles. The molecule has 0 aromatic heterocycles. The van der Waals surface area contributed by atoms with E-state index < -0.39 is 0 Å². The molecule has 0 spiro atoms. The fourth-order valence-electron chi connectivity index (χ4n) is 4.17. The SMILES string of the molecule is CCC(C)c1ccc(OC(=O)C2CC3CC2C2SC32)cc1. The Balaban J connectivity index is 1.40. The van der Waals surface area contributed by atoms with E-state index in [1.807, 2.05) is 12.1 Å². The molecule has 1 saturated heterocycles. The highest BCUT2D eigenvalue weighted by atomic mass is 32.2.